The highest BCUT2D eigenvalue weighted by Crippen LogP contribution is 2.29. The fourth-order valence-corrected chi connectivity index (χ4v) is 3.80. The van der Waals surface area contributed by atoms with Crippen LogP contribution in [0.1, 0.15) is 44.3 Å². The number of hydrogen-bond donors (Lipinski definition) is 2. The van der Waals surface area contributed by atoms with Crippen molar-refractivity contribution in [2.45, 2.75) is 44.8 Å². The molecule has 4 atom stereocenters. The van der Waals surface area contributed by atoms with Gasteiger partial charge in [0.05, 0.1) is 6.04 Å². The molecule has 2 aliphatic rings. The molecule has 2 heterocycles. The van der Waals surface area contributed by atoms with Gasteiger partial charge in [-0.15, -0.1) is 0 Å². The fourth-order valence-electron chi connectivity index (χ4n) is 3.80. The van der Waals surface area contributed by atoms with Crippen molar-refractivity contribution >= 4 is 5.91 Å². The molecule has 0 aromatic heterocycles. The van der Waals surface area contributed by atoms with Crippen LogP contribution in [-0.2, 0) is 9.53 Å². The Morgan fingerprint density at radius 1 is 1.35 bits per heavy atom. The number of ether oxygens (including phenoxy) is 1. The predicted molar refractivity (Wildman–Crippen MR) is 91.1 cm³/mol. The Morgan fingerprint density at radius 2 is 2.17 bits per heavy atom. The van der Waals surface area contributed by atoms with Crippen LogP contribution in [0.3, 0.4) is 0 Å². The highest BCUT2D eigenvalue weighted by Gasteiger charge is 2.31. The summed E-state index contributed by atoms with van der Waals surface area (Å²) in [5, 5.41) is 6.65. The maximum atomic E-state index is 12.4. The van der Waals surface area contributed by atoms with Gasteiger partial charge in [0, 0.05) is 13.0 Å². The molecular formula is C19H28N2O2. The first-order valence-corrected chi connectivity index (χ1v) is 8.90. The number of nitrogens with one attached hydrogen (secondary N) is 2. The lowest BCUT2D eigenvalue weighted by Gasteiger charge is -2.28. The zero-order valence-corrected chi connectivity index (χ0v) is 14.0. The average Bonchev–Trinajstić information content (AvgIpc) is 3.04. The molecule has 1 aromatic rings. The third-order valence-corrected chi connectivity index (χ3v) is 5.21. The van der Waals surface area contributed by atoms with Crippen molar-refractivity contribution in [1.82, 2.24) is 10.6 Å². The highest BCUT2D eigenvalue weighted by atomic mass is 16.5. The predicted octanol–water partition coefficient (Wildman–Crippen LogP) is 2.66. The van der Waals surface area contributed by atoms with E-state index in [1.165, 1.54) is 12.8 Å². The number of piperidine rings is 1. The molecule has 3 rings (SSSR count). The summed E-state index contributed by atoms with van der Waals surface area (Å²) in [5.41, 5.74) is 1.15. The molecule has 23 heavy (non-hydrogen) atoms. The molecule has 4 unspecified atom stereocenters. The van der Waals surface area contributed by atoms with Crippen LogP contribution in [0.2, 0.25) is 0 Å². The first-order valence-electron chi connectivity index (χ1n) is 8.90. The Balaban J connectivity index is 1.52. The Kier molecular flexibility index (Phi) is 5.68. The summed E-state index contributed by atoms with van der Waals surface area (Å²) in [5.74, 6) is 1.22. The van der Waals surface area contributed by atoms with Gasteiger partial charge in [-0.1, -0.05) is 37.3 Å². The lowest BCUT2D eigenvalue weighted by atomic mass is 9.85. The van der Waals surface area contributed by atoms with Crippen molar-refractivity contribution in [2.24, 2.45) is 11.8 Å². The first-order chi connectivity index (χ1) is 11.2. The van der Waals surface area contributed by atoms with Gasteiger partial charge >= 0.3 is 0 Å². The average molecular weight is 316 g/mol. The SMILES string of the molecule is CC(CC(=O)NC1CCOC1c1ccccc1)C1CCCNC1. The van der Waals surface area contributed by atoms with Crippen molar-refractivity contribution in [2.75, 3.05) is 19.7 Å². The molecule has 0 spiro atoms. The van der Waals surface area contributed by atoms with Crippen LogP contribution in [0.4, 0.5) is 0 Å². The van der Waals surface area contributed by atoms with E-state index in [0.717, 1.165) is 25.1 Å². The lowest BCUT2D eigenvalue weighted by Crippen LogP contribution is -2.39. The summed E-state index contributed by atoms with van der Waals surface area (Å²) in [6.07, 6.45) is 3.96. The summed E-state index contributed by atoms with van der Waals surface area (Å²) in [6, 6.07) is 10.3. The normalized spacial score (nSPS) is 29.2. The Labute approximate surface area is 139 Å². The molecule has 1 amide bonds. The van der Waals surface area contributed by atoms with Gasteiger partial charge in [0.15, 0.2) is 0 Å². The molecule has 0 saturated carbocycles. The molecule has 1 aromatic carbocycles. The minimum absolute atomic E-state index is 0.00759. The summed E-state index contributed by atoms with van der Waals surface area (Å²) in [4.78, 5) is 12.4. The zero-order valence-electron chi connectivity index (χ0n) is 14.0. The number of benzene rings is 1. The summed E-state index contributed by atoms with van der Waals surface area (Å²) < 4.78 is 5.85. The molecular weight excluding hydrogens is 288 g/mol. The first kappa shape index (κ1) is 16.5. The van der Waals surface area contributed by atoms with Gasteiger partial charge in [-0.05, 0) is 49.8 Å². The standard InChI is InChI=1S/C19H28N2O2/c1-14(16-8-5-10-20-13-16)12-18(22)21-17-9-11-23-19(17)15-6-3-2-4-7-15/h2-4,6-7,14,16-17,19-20H,5,8-13H2,1H3,(H,21,22). The van der Waals surface area contributed by atoms with Gasteiger partial charge in [0.1, 0.15) is 6.10 Å². The topological polar surface area (TPSA) is 50.4 Å². The summed E-state index contributed by atoms with van der Waals surface area (Å²) in [6.45, 7) is 5.09. The summed E-state index contributed by atoms with van der Waals surface area (Å²) in [7, 11) is 0. The molecule has 0 radical (unpaired) electrons. The van der Waals surface area contributed by atoms with Gasteiger partial charge in [0.2, 0.25) is 5.91 Å². The van der Waals surface area contributed by atoms with E-state index in [4.69, 9.17) is 4.74 Å². The van der Waals surface area contributed by atoms with E-state index < -0.39 is 0 Å². The van der Waals surface area contributed by atoms with Crippen molar-refractivity contribution in [3.05, 3.63) is 35.9 Å². The number of rotatable bonds is 5. The van der Waals surface area contributed by atoms with Crippen LogP contribution < -0.4 is 10.6 Å². The van der Waals surface area contributed by atoms with Crippen molar-refractivity contribution < 1.29 is 9.53 Å². The molecule has 2 aliphatic heterocycles. The molecule has 0 aliphatic carbocycles. The van der Waals surface area contributed by atoms with E-state index in [9.17, 15) is 4.79 Å². The molecule has 4 nitrogen and oxygen atoms in total. The van der Waals surface area contributed by atoms with Crippen LogP contribution >= 0.6 is 0 Å². The largest absolute Gasteiger partial charge is 0.371 e. The van der Waals surface area contributed by atoms with Crippen molar-refractivity contribution in [3.8, 4) is 0 Å². The second-order valence-corrected chi connectivity index (χ2v) is 6.95. The Bertz CT molecular complexity index is 499. The van der Waals surface area contributed by atoms with Crippen LogP contribution in [0.5, 0.6) is 0 Å². The molecule has 0 bridgehead atoms. The maximum Gasteiger partial charge on any atom is 0.220 e. The van der Waals surface area contributed by atoms with Crippen LogP contribution in [0.25, 0.3) is 0 Å². The number of carbonyl (C=O) groups excluding carboxylic acids is 1. The molecule has 4 heteroatoms. The van der Waals surface area contributed by atoms with E-state index in [0.29, 0.717) is 24.9 Å². The summed E-state index contributed by atoms with van der Waals surface area (Å²) >= 11 is 0. The molecule has 2 N–H and O–H groups in total. The smallest absolute Gasteiger partial charge is 0.220 e. The van der Waals surface area contributed by atoms with Gasteiger partial charge in [0.25, 0.3) is 0 Å². The van der Waals surface area contributed by atoms with Gasteiger partial charge in [-0.25, -0.2) is 0 Å². The minimum atomic E-state index is -0.00759. The van der Waals surface area contributed by atoms with E-state index in [1.807, 2.05) is 18.2 Å². The van der Waals surface area contributed by atoms with Crippen molar-refractivity contribution in [3.63, 3.8) is 0 Å². The molecule has 126 valence electrons. The minimum Gasteiger partial charge on any atom is -0.371 e. The van der Waals surface area contributed by atoms with Gasteiger partial charge in [-0.3, -0.25) is 4.79 Å². The Hall–Kier alpha value is -1.39. The Morgan fingerprint density at radius 3 is 2.91 bits per heavy atom. The van der Waals surface area contributed by atoms with Gasteiger partial charge in [-0.2, -0.15) is 0 Å². The van der Waals surface area contributed by atoms with Crippen LogP contribution in [0, 0.1) is 11.8 Å². The lowest BCUT2D eigenvalue weighted by molar-refractivity contribution is -0.123. The number of carbonyl (C=O) groups is 1. The monoisotopic (exact) mass is 316 g/mol. The zero-order chi connectivity index (χ0) is 16.1. The van der Waals surface area contributed by atoms with Crippen molar-refractivity contribution in [1.29, 1.82) is 0 Å². The maximum absolute atomic E-state index is 12.4. The number of hydrogen-bond acceptors (Lipinski definition) is 3. The second kappa shape index (κ2) is 7.93. The van der Waals surface area contributed by atoms with E-state index in [2.05, 4.69) is 29.7 Å². The fraction of sp³-hybridized carbons (Fsp3) is 0.632. The van der Waals surface area contributed by atoms with Gasteiger partial charge < -0.3 is 15.4 Å². The highest BCUT2D eigenvalue weighted by molar-refractivity contribution is 5.76. The van der Waals surface area contributed by atoms with Crippen LogP contribution in [-0.4, -0.2) is 31.6 Å². The molecule has 2 fully saturated rings. The number of amides is 1. The quantitative estimate of drug-likeness (QED) is 0.878. The second-order valence-electron chi connectivity index (χ2n) is 6.95. The van der Waals surface area contributed by atoms with Crippen LogP contribution in [0.15, 0.2) is 30.3 Å². The third-order valence-electron chi connectivity index (χ3n) is 5.21. The third kappa shape index (κ3) is 4.33. The van der Waals surface area contributed by atoms with E-state index in [1.54, 1.807) is 0 Å². The molecule has 2 saturated heterocycles. The van der Waals surface area contributed by atoms with E-state index >= 15 is 0 Å². The van der Waals surface area contributed by atoms with E-state index in [-0.39, 0.29) is 18.1 Å².